The molecule has 2 aromatic heterocycles. The van der Waals surface area contributed by atoms with E-state index in [-0.39, 0.29) is 18.0 Å². The van der Waals surface area contributed by atoms with Crippen molar-refractivity contribution >= 4 is 65.0 Å². The van der Waals surface area contributed by atoms with E-state index >= 15 is 0 Å². The van der Waals surface area contributed by atoms with Crippen molar-refractivity contribution in [3.8, 4) is 11.1 Å². The number of halogens is 2. The van der Waals surface area contributed by atoms with Crippen molar-refractivity contribution in [1.82, 2.24) is 9.55 Å². The quantitative estimate of drug-likeness (QED) is 0.341. The summed E-state index contributed by atoms with van der Waals surface area (Å²) in [4.78, 5) is 32.1. The minimum atomic E-state index is -0.281. The first kappa shape index (κ1) is 21.0. The van der Waals surface area contributed by atoms with E-state index in [0.717, 1.165) is 31.4 Å². The van der Waals surface area contributed by atoms with Gasteiger partial charge in [0, 0.05) is 25.1 Å². The molecule has 1 N–H and O–H groups in total. The minimum Gasteiger partial charge on any atom is -0.325 e. The Bertz CT molecular complexity index is 1280. The van der Waals surface area contributed by atoms with Crippen LogP contribution >= 0.6 is 43.2 Å². The van der Waals surface area contributed by atoms with Gasteiger partial charge < -0.3 is 5.32 Å². The fourth-order valence-corrected chi connectivity index (χ4v) is 4.86. The third-order valence-electron chi connectivity index (χ3n) is 4.65. The van der Waals surface area contributed by atoms with E-state index in [2.05, 4.69) is 49.1 Å². The summed E-state index contributed by atoms with van der Waals surface area (Å²) in [7, 11) is 0. The van der Waals surface area contributed by atoms with Crippen molar-refractivity contribution in [3.05, 3.63) is 79.0 Å². The van der Waals surface area contributed by atoms with Crippen molar-refractivity contribution in [2.45, 2.75) is 19.9 Å². The molecule has 152 valence electrons. The summed E-state index contributed by atoms with van der Waals surface area (Å²) in [5.41, 5.74) is 2.34. The maximum Gasteiger partial charge on any atom is 0.263 e. The molecule has 1 amide bonds. The Kier molecular flexibility index (Phi) is 6.17. The molecule has 0 saturated carbocycles. The van der Waals surface area contributed by atoms with Crippen LogP contribution in [0.2, 0.25) is 0 Å². The highest BCUT2D eigenvalue weighted by Gasteiger charge is 2.19. The normalized spacial score (nSPS) is 11.0. The smallest absolute Gasteiger partial charge is 0.263 e. The molecule has 0 fully saturated rings. The van der Waals surface area contributed by atoms with E-state index in [1.807, 2.05) is 36.4 Å². The lowest BCUT2D eigenvalue weighted by Crippen LogP contribution is -2.27. The van der Waals surface area contributed by atoms with Crippen molar-refractivity contribution in [1.29, 1.82) is 0 Å². The molecular weight excluding hydrogens is 530 g/mol. The number of carbonyl (C=O) groups excluding carboxylic acids is 1. The first-order chi connectivity index (χ1) is 14.5. The van der Waals surface area contributed by atoms with Crippen LogP contribution in [-0.2, 0) is 17.8 Å². The maximum absolute atomic E-state index is 13.3. The van der Waals surface area contributed by atoms with Crippen LogP contribution in [-0.4, -0.2) is 15.5 Å². The SMILES string of the molecule is CCc1sc2ncn(CC(=O)Nc3ccc(Br)cc3)c(=O)c2c1-c1ccc(Br)cc1. The number of amides is 1. The van der Waals surface area contributed by atoms with E-state index < -0.39 is 0 Å². The second kappa shape index (κ2) is 8.83. The zero-order chi connectivity index (χ0) is 21.3. The van der Waals surface area contributed by atoms with Crippen LogP contribution in [0.25, 0.3) is 21.3 Å². The Morgan fingerprint density at radius 3 is 2.33 bits per heavy atom. The van der Waals surface area contributed by atoms with Crippen molar-refractivity contribution < 1.29 is 4.79 Å². The Labute approximate surface area is 194 Å². The molecule has 30 heavy (non-hydrogen) atoms. The Morgan fingerprint density at radius 1 is 1.07 bits per heavy atom. The third-order valence-corrected chi connectivity index (χ3v) is 6.95. The first-order valence-electron chi connectivity index (χ1n) is 9.28. The number of nitrogens with zero attached hydrogens (tertiary/aromatic N) is 2. The summed E-state index contributed by atoms with van der Waals surface area (Å²) in [6, 6.07) is 15.2. The number of aryl methyl sites for hydroxylation is 1. The van der Waals surface area contributed by atoms with Crippen molar-refractivity contribution in [2.24, 2.45) is 0 Å². The number of anilines is 1. The van der Waals surface area contributed by atoms with Crippen molar-refractivity contribution in [2.75, 3.05) is 5.32 Å². The molecule has 0 aliphatic heterocycles. The molecule has 2 aromatic carbocycles. The van der Waals surface area contributed by atoms with Gasteiger partial charge in [0.1, 0.15) is 11.4 Å². The number of carbonyl (C=O) groups is 1. The number of aromatic nitrogens is 2. The lowest BCUT2D eigenvalue weighted by molar-refractivity contribution is -0.116. The number of fused-ring (bicyclic) bond motifs is 1. The van der Waals surface area contributed by atoms with Gasteiger partial charge in [-0.15, -0.1) is 11.3 Å². The van der Waals surface area contributed by atoms with Crippen LogP contribution in [0.1, 0.15) is 11.8 Å². The summed E-state index contributed by atoms with van der Waals surface area (Å²) >= 11 is 8.35. The number of rotatable bonds is 5. The molecule has 0 aliphatic carbocycles. The number of hydrogen-bond acceptors (Lipinski definition) is 4. The number of benzene rings is 2. The topological polar surface area (TPSA) is 64.0 Å². The summed E-state index contributed by atoms with van der Waals surface area (Å²) < 4.78 is 3.27. The highest BCUT2D eigenvalue weighted by molar-refractivity contribution is 9.10. The van der Waals surface area contributed by atoms with Gasteiger partial charge >= 0.3 is 0 Å². The van der Waals surface area contributed by atoms with Crippen LogP contribution in [0.4, 0.5) is 5.69 Å². The Balaban J connectivity index is 1.71. The predicted octanol–water partition coefficient (Wildman–Crippen LogP) is 5.85. The molecule has 4 aromatic rings. The lowest BCUT2D eigenvalue weighted by Gasteiger charge is -2.08. The van der Waals surface area contributed by atoms with E-state index in [0.29, 0.717) is 15.9 Å². The van der Waals surface area contributed by atoms with Gasteiger partial charge in [0.05, 0.1) is 11.7 Å². The molecule has 8 heteroatoms. The lowest BCUT2D eigenvalue weighted by atomic mass is 10.0. The van der Waals surface area contributed by atoms with Crippen LogP contribution < -0.4 is 10.9 Å². The first-order valence-corrected chi connectivity index (χ1v) is 11.7. The van der Waals surface area contributed by atoms with E-state index in [1.54, 1.807) is 12.1 Å². The highest BCUT2D eigenvalue weighted by Crippen LogP contribution is 2.36. The monoisotopic (exact) mass is 545 g/mol. The molecule has 0 saturated heterocycles. The van der Waals surface area contributed by atoms with Crippen LogP contribution in [0.3, 0.4) is 0 Å². The Morgan fingerprint density at radius 2 is 1.70 bits per heavy atom. The summed E-state index contributed by atoms with van der Waals surface area (Å²) in [6.07, 6.45) is 2.25. The summed E-state index contributed by atoms with van der Waals surface area (Å²) in [5.74, 6) is -0.281. The van der Waals surface area contributed by atoms with Crippen LogP contribution in [0.15, 0.2) is 68.6 Å². The largest absolute Gasteiger partial charge is 0.325 e. The second-order valence-corrected chi connectivity index (χ2v) is 9.59. The molecule has 0 unspecified atom stereocenters. The molecule has 0 spiro atoms. The maximum atomic E-state index is 13.3. The van der Waals surface area contributed by atoms with Gasteiger partial charge in [-0.05, 0) is 48.4 Å². The molecule has 5 nitrogen and oxygen atoms in total. The number of hydrogen-bond donors (Lipinski definition) is 1. The molecule has 2 heterocycles. The zero-order valence-electron chi connectivity index (χ0n) is 16.0. The summed E-state index contributed by atoms with van der Waals surface area (Å²) in [6.45, 7) is 1.96. The highest BCUT2D eigenvalue weighted by atomic mass is 79.9. The zero-order valence-corrected chi connectivity index (χ0v) is 20.0. The molecular formula is C22H17Br2N3O2S. The Hall–Kier alpha value is -2.29. The molecule has 0 radical (unpaired) electrons. The van der Waals surface area contributed by atoms with E-state index in [4.69, 9.17) is 0 Å². The van der Waals surface area contributed by atoms with Gasteiger partial charge in [-0.1, -0.05) is 50.9 Å². The van der Waals surface area contributed by atoms with E-state index in [9.17, 15) is 9.59 Å². The average Bonchev–Trinajstić information content (AvgIpc) is 3.12. The van der Waals surface area contributed by atoms with Gasteiger partial charge in [0.2, 0.25) is 5.91 Å². The van der Waals surface area contributed by atoms with Gasteiger partial charge in [0.25, 0.3) is 5.56 Å². The van der Waals surface area contributed by atoms with Gasteiger partial charge in [0.15, 0.2) is 0 Å². The van der Waals surface area contributed by atoms with Gasteiger partial charge in [-0.2, -0.15) is 0 Å². The predicted molar refractivity (Wildman–Crippen MR) is 129 cm³/mol. The van der Waals surface area contributed by atoms with Crippen molar-refractivity contribution in [3.63, 3.8) is 0 Å². The fourth-order valence-electron chi connectivity index (χ4n) is 3.24. The standard InChI is InChI=1S/C22H17Br2N3O2S/c1-2-17-19(13-3-5-14(23)6-4-13)20-21(30-17)25-12-27(22(20)29)11-18(28)26-16-9-7-15(24)8-10-16/h3-10,12H,2,11H2,1H3,(H,26,28). The number of thiophene rings is 1. The van der Waals surface area contributed by atoms with Crippen LogP contribution in [0, 0.1) is 0 Å². The molecule has 0 bridgehead atoms. The fraction of sp³-hybridized carbons (Fsp3) is 0.136. The van der Waals surface area contributed by atoms with Gasteiger partial charge in [-0.25, -0.2) is 4.98 Å². The molecule has 4 rings (SSSR count). The summed E-state index contributed by atoms with van der Waals surface area (Å²) in [5, 5.41) is 3.38. The number of nitrogens with one attached hydrogen (secondary N) is 1. The molecule has 0 aliphatic rings. The third kappa shape index (κ3) is 4.26. The van der Waals surface area contributed by atoms with E-state index in [1.165, 1.54) is 22.2 Å². The second-order valence-electron chi connectivity index (χ2n) is 6.67. The minimum absolute atomic E-state index is 0.102. The van der Waals surface area contributed by atoms with Gasteiger partial charge in [-0.3, -0.25) is 14.2 Å². The average molecular weight is 547 g/mol. The molecule has 0 atom stereocenters. The van der Waals surface area contributed by atoms with Crippen LogP contribution in [0.5, 0.6) is 0 Å².